The second-order valence-electron chi connectivity index (χ2n) is 4.22. The molecule has 4 heteroatoms. The molecule has 0 amide bonds. The normalized spacial score (nSPS) is 10.8. The maximum Gasteiger partial charge on any atom is 0.160 e. The van der Waals surface area contributed by atoms with Crippen molar-refractivity contribution in [2.24, 2.45) is 0 Å². The van der Waals surface area contributed by atoms with E-state index in [1.807, 2.05) is 32.2 Å². The first kappa shape index (κ1) is 10.8. The molecule has 3 heterocycles. The Morgan fingerprint density at radius 3 is 2.44 bits per heavy atom. The third-order valence-corrected chi connectivity index (χ3v) is 2.92. The maximum atomic E-state index is 4.57. The van der Waals surface area contributed by atoms with Gasteiger partial charge in [-0.1, -0.05) is 0 Å². The molecule has 0 N–H and O–H groups in total. The number of hydrogen-bond donors (Lipinski definition) is 0. The zero-order valence-corrected chi connectivity index (χ0v) is 10.3. The highest BCUT2D eigenvalue weighted by Crippen LogP contribution is 2.22. The van der Waals surface area contributed by atoms with E-state index in [1.165, 1.54) is 0 Å². The summed E-state index contributed by atoms with van der Waals surface area (Å²) in [7, 11) is 0. The van der Waals surface area contributed by atoms with E-state index >= 15 is 0 Å². The van der Waals surface area contributed by atoms with Crippen LogP contribution in [0, 0.1) is 13.8 Å². The Kier molecular flexibility index (Phi) is 2.48. The molecule has 0 aromatic carbocycles. The fourth-order valence-electron chi connectivity index (χ4n) is 2.09. The van der Waals surface area contributed by atoms with Crippen LogP contribution in [0.5, 0.6) is 0 Å². The van der Waals surface area contributed by atoms with Crippen molar-refractivity contribution in [2.45, 2.75) is 13.8 Å². The third kappa shape index (κ3) is 1.72. The number of nitrogens with zero attached hydrogens (tertiary/aromatic N) is 4. The maximum absolute atomic E-state index is 4.57. The summed E-state index contributed by atoms with van der Waals surface area (Å²) >= 11 is 0. The highest BCUT2D eigenvalue weighted by atomic mass is 14.9. The van der Waals surface area contributed by atoms with Crippen LogP contribution in [-0.4, -0.2) is 19.9 Å². The van der Waals surface area contributed by atoms with Gasteiger partial charge in [0.25, 0.3) is 0 Å². The number of pyridine rings is 2. The minimum absolute atomic E-state index is 0.717. The lowest BCUT2D eigenvalue weighted by molar-refractivity contribution is 1.13. The van der Waals surface area contributed by atoms with Gasteiger partial charge in [-0.3, -0.25) is 9.97 Å². The van der Waals surface area contributed by atoms with Crippen LogP contribution in [0.25, 0.3) is 22.3 Å². The molecule has 0 atom stereocenters. The van der Waals surface area contributed by atoms with Gasteiger partial charge in [-0.15, -0.1) is 0 Å². The van der Waals surface area contributed by atoms with E-state index in [0.29, 0.717) is 0 Å². The van der Waals surface area contributed by atoms with Crippen LogP contribution < -0.4 is 0 Å². The molecule has 0 saturated heterocycles. The number of aryl methyl sites for hydroxylation is 2. The van der Waals surface area contributed by atoms with Gasteiger partial charge < -0.3 is 0 Å². The molecule has 0 aliphatic carbocycles. The van der Waals surface area contributed by atoms with Gasteiger partial charge in [-0.05, 0) is 31.5 Å². The summed E-state index contributed by atoms with van der Waals surface area (Å²) in [5, 5.41) is 1.09. The van der Waals surface area contributed by atoms with Crippen molar-refractivity contribution in [3.05, 3.63) is 48.2 Å². The van der Waals surface area contributed by atoms with Crippen molar-refractivity contribution in [2.75, 3.05) is 0 Å². The Balaban J connectivity index is 2.29. The van der Waals surface area contributed by atoms with E-state index in [2.05, 4.69) is 19.9 Å². The second-order valence-corrected chi connectivity index (χ2v) is 4.22. The van der Waals surface area contributed by atoms with Gasteiger partial charge >= 0.3 is 0 Å². The lowest BCUT2D eigenvalue weighted by Crippen LogP contribution is -1.96. The molecule has 4 nitrogen and oxygen atoms in total. The standard InChI is InChI=1S/C14H12N4/c1-9-7-16-8-12-13(9)10(2)17-14(18-12)11-3-5-15-6-4-11/h3-8H,1-2H3. The molecule has 0 aliphatic heterocycles. The van der Waals surface area contributed by atoms with Gasteiger partial charge in [0, 0.05) is 35.2 Å². The largest absolute Gasteiger partial charge is 0.265 e. The van der Waals surface area contributed by atoms with Gasteiger partial charge in [0.15, 0.2) is 5.82 Å². The zero-order valence-electron chi connectivity index (χ0n) is 10.3. The zero-order chi connectivity index (χ0) is 12.5. The summed E-state index contributed by atoms with van der Waals surface area (Å²) in [6, 6.07) is 3.81. The summed E-state index contributed by atoms with van der Waals surface area (Å²) in [5.74, 6) is 0.717. The van der Waals surface area contributed by atoms with E-state index in [9.17, 15) is 0 Å². The highest BCUT2D eigenvalue weighted by Gasteiger charge is 2.08. The summed E-state index contributed by atoms with van der Waals surface area (Å²) < 4.78 is 0. The fourth-order valence-corrected chi connectivity index (χ4v) is 2.09. The fraction of sp³-hybridized carbons (Fsp3) is 0.143. The van der Waals surface area contributed by atoms with Gasteiger partial charge in [0.2, 0.25) is 0 Å². The van der Waals surface area contributed by atoms with Crippen LogP contribution in [-0.2, 0) is 0 Å². The molecule has 3 rings (SSSR count). The first-order valence-corrected chi connectivity index (χ1v) is 5.75. The molecule has 18 heavy (non-hydrogen) atoms. The first-order valence-electron chi connectivity index (χ1n) is 5.75. The second kappa shape index (κ2) is 4.14. The highest BCUT2D eigenvalue weighted by molar-refractivity contribution is 5.84. The predicted octanol–water partition coefficient (Wildman–Crippen LogP) is 2.70. The van der Waals surface area contributed by atoms with Gasteiger partial charge in [0.05, 0.1) is 11.7 Å². The minimum atomic E-state index is 0.717. The quantitative estimate of drug-likeness (QED) is 0.651. The molecular formula is C14H12N4. The first-order chi connectivity index (χ1) is 8.75. The van der Waals surface area contributed by atoms with E-state index < -0.39 is 0 Å². The molecular weight excluding hydrogens is 224 g/mol. The van der Waals surface area contributed by atoms with Crippen molar-refractivity contribution in [1.29, 1.82) is 0 Å². The van der Waals surface area contributed by atoms with Crippen molar-refractivity contribution in [3.63, 3.8) is 0 Å². The lowest BCUT2D eigenvalue weighted by atomic mass is 10.1. The Hall–Kier alpha value is -2.36. The average molecular weight is 236 g/mol. The number of aromatic nitrogens is 4. The van der Waals surface area contributed by atoms with Crippen LogP contribution in [0.3, 0.4) is 0 Å². The third-order valence-electron chi connectivity index (χ3n) is 2.92. The van der Waals surface area contributed by atoms with Crippen LogP contribution in [0.15, 0.2) is 36.9 Å². The van der Waals surface area contributed by atoms with E-state index in [0.717, 1.165) is 33.5 Å². The summed E-state index contributed by atoms with van der Waals surface area (Å²) in [6.45, 7) is 4.03. The number of hydrogen-bond acceptors (Lipinski definition) is 4. The predicted molar refractivity (Wildman–Crippen MR) is 70.0 cm³/mol. The van der Waals surface area contributed by atoms with E-state index in [-0.39, 0.29) is 0 Å². The molecule has 0 aliphatic rings. The summed E-state index contributed by atoms with van der Waals surface area (Å²) in [6.07, 6.45) is 7.10. The molecule has 0 radical (unpaired) electrons. The Morgan fingerprint density at radius 2 is 1.67 bits per heavy atom. The average Bonchev–Trinajstić information content (AvgIpc) is 2.39. The Morgan fingerprint density at radius 1 is 0.889 bits per heavy atom. The van der Waals surface area contributed by atoms with Crippen molar-refractivity contribution in [1.82, 2.24) is 19.9 Å². The Bertz CT molecular complexity index is 708. The molecule has 0 saturated carbocycles. The molecule has 3 aromatic heterocycles. The SMILES string of the molecule is Cc1cncc2nc(-c3ccncc3)nc(C)c12. The molecule has 0 spiro atoms. The molecule has 0 bridgehead atoms. The van der Waals surface area contributed by atoms with Gasteiger partial charge in [-0.25, -0.2) is 9.97 Å². The number of fused-ring (bicyclic) bond motifs is 1. The van der Waals surface area contributed by atoms with E-state index in [1.54, 1.807) is 18.6 Å². The van der Waals surface area contributed by atoms with Crippen molar-refractivity contribution >= 4 is 10.9 Å². The molecule has 0 unspecified atom stereocenters. The summed E-state index contributed by atoms with van der Waals surface area (Å²) in [4.78, 5) is 17.3. The van der Waals surface area contributed by atoms with Crippen LogP contribution in [0.1, 0.15) is 11.3 Å². The van der Waals surface area contributed by atoms with Crippen molar-refractivity contribution < 1.29 is 0 Å². The van der Waals surface area contributed by atoms with Gasteiger partial charge in [-0.2, -0.15) is 0 Å². The minimum Gasteiger partial charge on any atom is -0.265 e. The molecule has 88 valence electrons. The number of rotatable bonds is 1. The van der Waals surface area contributed by atoms with Crippen LogP contribution >= 0.6 is 0 Å². The summed E-state index contributed by atoms with van der Waals surface area (Å²) in [5.41, 5.74) is 3.93. The lowest BCUT2D eigenvalue weighted by Gasteiger charge is -2.07. The van der Waals surface area contributed by atoms with Crippen molar-refractivity contribution in [3.8, 4) is 11.4 Å². The Labute approximate surface area is 105 Å². The van der Waals surface area contributed by atoms with E-state index in [4.69, 9.17) is 0 Å². The smallest absolute Gasteiger partial charge is 0.160 e. The van der Waals surface area contributed by atoms with Crippen LogP contribution in [0.4, 0.5) is 0 Å². The monoisotopic (exact) mass is 236 g/mol. The van der Waals surface area contributed by atoms with Crippen LogP contribution in [0.2, 0.25) is 0 Å². The van der Waals surface area contributed by atoms with Gasteiger partial charge in [0.1, 0.15) is 0 Å². The topological polar surface area (TPSA) is 51.6 Å². The molecule has 3 aromatic rings. The molecule has 0 fully saturated rings.